The van der Waals surface area contributed by atoms with Crippen molar-refractivity contribution in [2.75, 3.05) is 0 Å². The molecule has 0 aliphatic heterocycles. The van der Waals surface area contributed by atoms with Crippen LogP contribution >= 0.6 is 0 Å². The summed E-state index contributed by atoms with van der Waals surface area (Å²) in [6.07, 6.45) is 2.74. The van der Waals surface area contributed by atoms with E-state index < -0.39 is 36.4 Å². The maximum absolute atomic E-state index is 10.2. The molecule has 2 unspecified atom stereocenters. The summed E-state index contributed by atoms with van der Waals surface area (Å²) in [4.78, 5) is 36.4. The van der Waals surface area contributed by atoms with Gasteiger partial charge in [-0.05, 0) is 18.5 Å². The second kappa shape index (κ2) is 12.7. The second-order valence-corrected chi connectivity index (χ2v) is 3.73. The number of carboxylic acid groups (broad SMARTS) is 2. The molecule has 0 aliphatic carbocycles. The van der Waals surface area contributed by atoms with Crippen molar-refractivity contribution in [3.05, 3.63) is 29.7 Å². The molecule has 0 aliphatic rings. The van der Waals surface area contributed by atoms with Crippen LogP contribution in [-0.2, 0) is 37.9 Å². The summed E-state index contributed by atoms with van der Waals surface area (Å²) in [5, 5.41) is 16.4. The van der Waals surface area contributed by atoms with Crippen molar-refractivity contribution < 1.29 is 47.1 Å². The summed E-state index contributed by atoms with van der Waals surface area (Å²) in [7, 11) is 0. The Morgan fingerprint density at radius 3 is 2.00 bits per heavy atom. The SMILES string of the molecule is O.[Cu+2].[NH-]C(CC(N)=O)C(=O)O.[NH-]C(Cc1cnc[nH]1)C(=O)O. The van der Waals surface area contributed by atoms with Crippen LogP contribution in [0.2, 0.25) is 0 Å². The van der Waals surface area contributed by atoms with Gasteiger partial charge in [0.15, 0.2) is 0 Å². The zero-order valence-electron chi connectivity index (χ0n) is 11.2. The number of carbonyl (C=O) groups excluding carboxylic acids is 1. The first kappa shape index (κ1) is 25.0. The number of H-pyrrole nitrogens is 1. The molecule has 129 valence electrons. The van der Waals surface area contributed by atoms with E-state index in [1.165, 1.54) is 12.5 Å². The van der Waals surface area contributed by atoms with Gasteiger partial charge in [-0.2, -0.15) is 0 Å². The van der Waals surface area contributed by atoms with Gasteiger partial charge >= 0.3 is 17.1 Å². The standard InChI is InChI=1S/C6H8N3O2.C4H7N2O3.Cu.H2O/c7-5(6(10)11)1-4-2-8-3-9-4;5-2(4(8)9)1-3(6)7;;/h2-3,5,7H,1H2,(H,8,9)(H,10,11);2,5H,1H2,(H2,6,7)(H,8,9);;1H2/q2*-1;+2;. The quantitative estimate of drug-likeness (QED) is 0.461. The van der Waals surface area contributed by atoms with Crippen LogP contribution in [0, 0.1) is 0 Å². The average molecular weight is 367 g/mol. The topological polar surface area (TPSA) is 225 Å². The largest absolute Gasteiger partial charge is 2.00 e. The molecule has 9 N–H and O–H groups in total. The number of aliphatic carboxylic acids is 2. The van der Waals surface area contributed by atoms with Crippen LogP contribution in [0.3, 0.4) is 0 Å². The normalized spacial score (nSPS) is 11.5. The molecule has 1 aromatic rings. The van der Waals surface area contributed by atoms with Crippen molar-refractivity contribution in [2.24, 2.45) is 5.73 Å². The smallest absolute Gasteiger partial charge is 0.665 e. The zero-order valence-corrected chi connectivity index (χ0v) is 12.1. The molecular formula is C10H17CuN5O6. The van der Waals surface area contributed by atoms with Gasteiger partial charge in [-0.3, -0.25) is 14.4 Å². The number of hydrogen-bond acceptors (Lipinski definition) is 4. The van der Waals surface area contributed by atoms with Crippen molar-refractivity contribution in [3.8, 4) is 0 Å². The van der Waals surface area contributed by atoms with Gasteiger partial charge in [0.05, 0.1) is 6.33 Å². The number of carboxylic acids is 2. The molecule has 0 saturated heterocycles. The summed E-state index contributed by atoms with van der Waals surface area (Å²) < 4.78 is 0. The van der Waals surface area contributed by atoms with Gasteiger partial charge in [0.2, 0.25) is 5.91 Å². The van der Waals surface area contributed by atoms with Gasteiger partial charge < -0.3 is 37.9 Å². The van der Waals surface area contributed by atoms with Gasteiger partial charge in [-0.25, -0.2) is 4.98 Å². The van der Waals surface area contributed by atoms with Crippen LogP contribution in [0.4, 0.5) is 0 Å². The Morgan fingerprint density at radius 1 is 1.23 bits per heavy atom. The molecule has 1 heterocycles. The maximum atomic E-state index is 10.2. The van der Waals surface area contributed by atoms with Gasteiger partial charge in [0, 0.05) is 18.3 Å². The van der Waals surface area contributed by atoms with Crippen molar-refractivity contribution >= 4 is 17.8 Å². The molecule has 0 bridgehead atoms. The molecule has 0 aromatic carbocycles. The number of amides is 1. The van der Waals surface area contributed by atoms with Crippen LogP contribution in [-0.4, -0.2) is 55.6 Å². The van der Waals surface area contributed by atoms with E-state index in [1.807, 2.05) is 0 Å². The van der Waals surface area contributed by atoms with Gasteiger partial charge in [0.1, 0.15) is 0 Å². The predicted octanol–water partition coefficient (Wildman–Crippen LogP) is -1.00. The van der Waals surface area contributed by atoms with E-state index in [-0.39, 0.29) is 29.0 Å². The fourth-order valence-corrected chi connectivity index (χ4v) is 0.992. The first-order valence-electron chi connectivity index (χ1n) is 5.37. The third kappa shape index (κ3) is 11.8. The molecule has 0 spiro atoms. The fraction of sp³-hybridized carbons (Fsp3) is 0.400. The van der Waals surface area contributed by atoms with E-state index in [4.69, 9.17) is 21.7 Å². The van der Waals surface area contributed by atoms with E-state index in [9.17, 15) is 14.4 Å². The Bertz CT molecular complexity index is 455. The molecule has 0 saturated carbocycles. The summed E-state index contributed by atoms with van der Waals surface area (Å²) in [6.45, 7) is 0. The van der Waals surface area contributed by atoms with Gasteiger partial charge in [0.25, 0.3) is 11.9 Å². The van der Waals surface area contributed by atoms with Crippen LogP contribution in [0.15, 0.2) is 12.5 Å². The Hall–Kier alpha value is -1.98. The van der Waals surface area contributed by atoms with Gasteiger partial charge in [-0.15, -0.1) is 0 Å². The summed E-state index contributed by atoms with van der Waals surface area (Å²) in [6, 6.07) is -2.52. The van der Waals surface area contributed by atoms with E-state index >= 15 is 0 Å². The number of aromatic amines is 1. The average Bonchev–Trinajstić information content (AvgIpc) is 2.81. The van der Waals surface area contributed by atoms with E-state index in [1.54, 1.807) is 0 Å². The minimum absolute atomic E-state index is 0. The molecule has 22 heavy (non-hydrogen) atoms. The van der Waals surface area contributed by atoms with Crippen LogP contribution < -0.4 is 5.73 Å². The van der Waals surface area contributed by atoms with Crippen LogP contribution in [0.5, 0.6) is 0 Å². The third-order valence-electron chi connectivity index (χ3n) is 1.98. The summed E-state index contributed by atoms with van der Waals surface area (Å²) in [5.41, 5.74) is 19.0. The number of imidazole rings is 1. The summed E-state index contributed by atoms with van der Waals surface area (Å²) >= 11 is 0. The second-order valence-electron chi connectivity index (χ2n) is 3.73. The Kier molecular flexibility index (Phi) is 14.5. The first-order valence-corrected chi connectivity index (χ1v) is 5.37. The number of carbonyl (C=O) groups is 3. The number of aromatic nitrogens is 2. The van der Waals surface area contributed by atoms with E-state index in [0.717, 1.165) is 0 Å². The molecule has 1 rings (SSSR count). The zero-order chi connectivity index (χ0) is 15.7. The number of hydrogen-bond donors (Lipinski definition) is 4. The Morgan fingerprint density at radius 2 is 1.73 bits per heavy atom. The molecular weight excluding hydrogens is 350 g/mol. The van der Waals surface area contributed by atoms with Crippen molar-refractivity contribution in [2.45, 2.75) is 24.9 Å². The summed E-state index contributed by atoms with van der Waals surface area (Å²) in [5.74, 6) is -3.20. The molecule has 2 atom stereocenters. The van der Waals surface area contributed by atoms with Gasteiger partial charge in [-0.1, -0.05) is 0 Å². The van der Waals surface area contributed by atoms with Crippen LogP contribution in [0.25, 0.3) is 11.5 Å². The minimum atomic E-state index is -1.41. The number of rotatable bonds is 6. The van der Waals surface area contributed by atoms with E-state index in [2.05, 4.69) is 15.7 Å². The monoisotopic (exact) mass is 366 g/mol. The van der Waals surface area contributed by atoms with Crippen molar-refractivity contribution in [1.82, 2.24) is 9.97 Å². The van der Waals surface area contributed by atoms with Crippen LogP contribution in [0.1, 0.15) is 12.1 Å². The third-order valence-corrected chi connectivity index (χ3v) is 1.98. The van der Waals surface area contributed by atoms with E-state index in [0.29, 0.717) is 5.69 Å². The number of nitrogens with one attached hydrogen (secondary N) is 3. The molecule has 1 aromatic heterocycles. The fourth-order valence-electron chi connectivity index (χ4n) is 0.992. The molecule has 11 nitrogen and oxygen atoms in total. The maximum Gasteiger partial charge on any atom is 2.00 e. The molecule has 0 fully saturated rings. The molecule has 1 radical (unpaired) electrons. The Labute approximate surface area is 136 Å². The van der Waals surface area contributed by atoms with Crippen molar-refractivity contribution in [3.63, 3.8) is 0 Å². The molecule has 1 amide bonds. The minimum Gasteiger partial charge on any atom is -0.665 e. The number of nitrogens with zero attached hydrogens (tertiary/aromatic N) is 1. The first-order chi connectivity index (χ1) is 9.23. The number of primary amides is 1. The predicted molar refractivity (Wildman–Crippen MR) is 71.2 cm³/mol. The number of nitrogens with two attached hydrogens (primary N) is 1. The van der Waals surface area contributed by atoms with Crippen molar-refractivity contribution in [1.29, 1.82) is 0 Å². The molecule has 12 heteroatoms. The Balaban J connectivity index is -0.000000307.